The van der Waals surface area contributed by atoms with Crippen LogP contribution in [0.5, 0.6) is 5.75 Å². The molecule has 0 bridgehead atoms. The molecule has 4 heterocycles. The number of hydrogen-bond donors (Lipinski definition) is 0. The van der Waals surface area contributed by atoms with Crippen molar-refractivity contribution in [2.24, 2.45) is 0 Å². The van der Waals surface area contributed by atoms with E-state index in [2.05, 4.69) is 61.3 Å². The summed E-state index contributed by atoms with van der Waals surface area (Å²) in [5.41, 5.74) is 4.10. The summed E-state index contributed by atoms with van der Waals surface area (Å²) < 4.78 is 22.6. The number of benzene rings is 3. The zero-order valence-corrected chi connectivity index (χ0v) is 25.4. The van der Waals surface area contributed by atoms with Gasteiger partial charge in [-0.15, -0.1) is 0 Å². The van der Waals surface area contributed by atoms with Crippen LogP contribution in [0.1, 0.15) is 5.56 Å². The van der Waals surface area contributed by atoms with Gasteiger partial charge in [-0.25, -0.2) is 14.6 Å². The Bertz CT molecular complexity index is 1660. The van der Waals surface area contributed by atoms with Crippen molar-refractivity contribution in [3.05, 3.63) is 114 Å². The molecule has 0 unspecified atom stereocenters. The van der Waals surface area contributed by atoms with E-state index < -0.39 is 5.79 Å². The van der Waals surface area contributed by atoms with Crippen molar-refractivity contribution < 1.29 is 14.2 Å². The zero-order valence-electron chi connectivity index (χ0n) is 23.9. The Morgan fingerprint density at radius 1 is 0.841 bits per heavy atom. The normalized spacial score (nSPS) is 20.3. The number of imidazole rings is 1. The lowest BCUT2D eigenvalue weighted by atomic mass is 10.1. The fraction of sp³-hybridized carbons (Fsp3) is 0.281. The summed E-state index contributed by atoms with van der Waals surface area (Å²) >= 11 is 12.7. The van der Waals surface area contributed by atoms with Gasteiger partial charge in [-0.2, -0.15) is 5.10 Å². The van der Waals surface area contributed by atoms with Crippen LogP contribution in [0, 0.1) is 0 Å². The molecule has 2 atom stereocenters. The summed E-state index contributed by atoms with van der Waals surface area (Å²) in [6.45, 7) is 4.84. The molecule has 0 aliphatic carbocycles. The highest BCUT2D eigenvalue weighted by atomic mass is 35.5. The van der Waals surface area contributed by atoms with Crippen LogP contribution in [-0.4, -0.2) is 69.8 Å². The maximum atomic E-state index is 6.59. The van der Waals surface area contributed by atoms with Crippen molar-refractivity contribution in [1.82, 2.24) is 24.3 Å². The molecular weight excluding hydrogens is 601 g/mol. The summed E-state index contributed by atoms with van der Waals surface area (Å²) in [6, 6.07) is 22.0. The molecule has 226 valence electrons. The maximum Gasteiger partial charge on any atom is 0.215 e. The van der Waals surface area contributed by atoms with E-state index in [1.54, 1.807) is 42.0 Å². The Labute approximate surface area is 265 Å². The van der Waals surface area contributed by atoms with Gasteiger partial charge in [0.2, 0.25) is 5.79 Å². The summed E-state index contributed by atoms with van der Waals surface area (Å²) in [5, 5.41) is 5.23. The van der Waals surface area contributed by atoms with Gasteiger partial charge in [-0.1, -0.05) is 29.3 Å². The van der Waals surface area contributed by atoms with Crippen LogP contribution in [0.3, 0.4) is 0 Å². The fourth-order valence-electron chi connectivity index (χ4n) is 5.70. The van der Waals surface area contributed by atoms with Gasteiger partial charge in [0.05, 0.1) is 30.2 Å². The minimum atomic E-state index is -1.08. The molecule has 2 fully saturated rings. The van der Waals surface area contributed by atoms with Gasteiger partial charge in [0.25, 0.3) is 0 Å². The number of halogens is 2. The van der Waals surface area contributed by atoms with Gasteiger partial charge in [0, 0.05) is 60.5 Å². The third kappa shape index (κ3) is 6.11. The van der Waals surface area contributed by atoms with E-state index in [-0.39, 0.29) is 6.10 Å². The summed E-state index contributed by atoms with van der Waals surface area (Å²) in [5.74, 6) is -0.304. The highest BCUT2D eigenvalue weighted by Crippen LogP contribution is 2.40. The lowest BCUT2D eigenvalue weighted by Crippen LogP contribution is -2.46. The Kier molecular flexibility index (Phi) is 8.14. The molecule has 10 nitrogen and oxygen atoms in total. The number of rotatable bonds is 9. The predicted octanol–water partition coefficient (Wildman–Crippen LogP) is 5.44. The van der Waals surface area contributed by atoms with E-state index in [1.807, 2.05) is 29.0 Å². The standard InChI is InChI=1S/C32H31Cl2N7O3/c33-24-1-10-30(31(34)17-24)32(20-38-12-11-35-22-38)43-19-29(44-32)18-42-28-8-6-26(7-9-28)40-15-13-39(14-16-40)25-2-4-27(5-3-25)41-23-36-21-37-41/h1-12,17,21-23,29H,13-16,18-20H2/t29-,32-/m1/s1. The second-order valence-electron chi connectivity index (χ2n) is 10.8. The van der Waals surface area contributed by atoms with Crippen molar-refractivity contribution in [1.29, 1.82) is 0 Å². The number of anilines is 2. The lowest BCUT2D eigenvalue weighted by Gasteiger charge is -2.37. The SMILES string of the molecule is Clc1ccc([C@]2(Cn3ccnc3)OC[C@@H](COc3ccc(N4CCN(c5ccc(-n6cncn6)cc5)CC4)cc3)O2)c(Cl)c1. The highest BCUT2D eigenvalue weighted by molar-refractivity contribution is 6.35. The third-order valence-corrected chi connectivity index (χ3v) is 8.51. The molecular formula is C32H31Cl2N7O3. The first-order chi connectivity index (χ1) is 21.5. The molecule has 0 N–H and O–H groups in total. The van der Waals surface area contributed by atoms with E-state index in [0.717, 1.165) is 37.6 Å². The van der Waals surface area contributed by atoms with E-state index in [1.165, 1.54) is 11.4 Å². The second kappa shape index (κ2) is 12.5. The molecule has 44 heavy (non-hydrogen) atoms. The summed E-state index contributed by atoms with van der Waals surface area (Å²) in [7, 11) is 0. The second-order valence-corrected chi connectivity index (χ2v) is 11.6. The van der Waals surface area contributed by atoms with Crippen LogP contribution >= 0.6 is 23.2 Å². The lowest BCUT2D eigenvalue weighted by molar-refractivity contribution is -0.189. The van der Waals surface area contributed by atoms with E-state index in [4.69, 9.17) is 37.4 Å². The third-order valence-electron chi connectivity index (χ3n) is 7.97. The number of aromatic nitrogens is 5. The highest BCUT2D eigenvalue weighted by Gasteiger charge is 2.45. The molecule has 2 saturated heterocycles. The smallest absolute Gasteiger partial charge is 0.215 e. The first-order valence-electron chi connectivity index (χ1n) is 14.5. The van der Waals surface area contributed by atoms with Gasteiger partial charge in [-0.05, 0) is 60.7 Å². The Balaban J connectivity index is 0.936. The topological polar surface area (TPSA) is 82.7 Å². The van der Waals surface area contributed by atoms with Crippen molar-refractivity contribution in [2.75, 3.05) is 49.2 Å². The van der Waals surface area contributed by atoms with Crippen LogP contribution in [-0.2, 0) is 21.8 Å². The van der Waals surface area contributed by atoms with Crippen molar-refractivity contribution >= 4 is 34.6 Å². The monoisotopic (exact) mass is 631 g/mol. The molecule has 3 aromatic carbocycles. The summed E-state index contributed by atoms with van der Waals surface area (Å²) in [4.78, 5) is 13.0. The van der Waals surface area contributed by atoms with Gasteiger partial charge >= 0.3 is 0 Å². The average molecular weight is 633 g/mol. The fourth-order valence-corrected chi connectivity index (χ4v) is 6.25. The van der Waals surface area contributed by atoms with Gasteiger partial charge < -0.3 is 28.6 Å². The molecule has 7 rings (SSSR count). The van der Waals surface area contributed by atoms with Crippen molar-refractivity contribution in [3.63, 3.8) is 0 Å². The van der Waals surface area contributed by atoms with Crippen LogP contribution in [0.4, 0.5) is 11.4 Å². The molecule has 0 amide bonds. The Hall–Kier alpha value is -4.09. The van der Waals surface area contributed by atoms with Gasteiger partial charge in [0.1, 0.15) is 31.1 Å². The molecule has 0 saturated carbocycles. The summed E-state index contributed by atoms with van der Waals surface area (Å²) in [6.07, 6.45) is 8.26. The van der Waals surface area contributed by atoms with Crippen LogP contribution in [0.25, 0.3) is 5.69 Å². The van der Waals surface area contributed by atoms with Crippen LogP contribution in [0.2, 0.25) is 10.0 Å². The van der Waals surface area contributed by atoms with Crippen LogP contribution < -0.4 is 14.5 Å². The predicted molar refractivity (Wildman–Crippen MR) is 169 cm³/mol. The molecule has 2 aromatic heterocycles. The van der Waals surface area contributed by atoms with Crippen LogP contribution in [0.15, 0.2) is 98.1 Å². The molecule has 0 spiro atoms. The van der Waals surface area contributed by atoms with Crippen molar-refractivity contribution in [2.45, 2.75) is 18.4 Å². The molecule has 2 aliphatic rings. The van der Waals surface area contributed by atoms with Gasteiger partial charge in [-0.3, -0.25) is 0 Å². The minimum absolute atomic E-state index is 0.289. The number of piperazine rings is 1. The van der Waals surface area contributed by atoms with E-state index >= 15 is 0 Å². The van der Waals surface area contributed by atoms with Gasteiger partial charge in [0.15, 0.2) is 0 Å². The van der Waals surface area contributed by atoms with E-state index in [9.17, 15) is 0 Å². The molecule has 5 aromatic rings. The van der Waals surface area contributed by atoms with Crippen molar-refractivity contribution in [3.8, 4) is 11.4 Å². The Morgan fingerprint density at radius 3 is 2.18 bits per heavy atom. The first-order valence-corrected chi connectivity index (χ1v) is 15.2. The number of nitrogens with zero attached hydrogens (tertiary/aromatic N) is 7. The molecule has 12 heteroatoms. The average Bonchev–Trinajstić information content (AvgIpc) is 3.85. The Morgan fingerprint density at radius 2 is 1.55 bits per heavy atom. The zero-order chi connectivity index (χ0) is 29.9. The molecule has 2 aliphatic heterocycles. The largest absolute Gasteiger partial charge is 0.491 e. The molecule has 0 radical (unpaired) electrons. The van der Waals surface area contributed by atoms with E-state index in [0.29, 0.717) is 35.4 Å². The number of ether oxygens (including phenoxy) is 3. The minimum Gasteiger partial charge on any atom is -0.491 e. The first kappa shape index (κ1) is 28.7. The maximum absolute atomic E-state index is 6.59. The number of hydrogen-bond acceptors (Lipinski definition) is 8. The quantitative estimate of drug-likeness (QED) is 0.213.